The second kappa shape index (κ2) is 11.7. The van der Waals surface area contributed by atoms with Crippen molar-refractivity contribution in [3.05, 3.63) is 59.7 Å². The summed E-state index contributed by atoms with van der Waals surface area (Å²) in [6.07, 6.45) is 0.220. The molecule has 0 fully saturated rings. The summed E-state index contributed by atoms with van der Waals surface area (Å²) in [6.45, 7) is 6.29. The molecule has 0 bridgehead atoms. The van der Waals surface area contributed by atoms with Gasteiger partial charge in [0.15, 0.2) is 0 Å². The lowest BCUT2D eigenvalue weighted by Gasteiger charge is -2.20. The number of alkyl carbamates (subject to hydrolysis) is 1. The van der Waals surface area contributed by atoms with Gasteiger partial charge in [-0.3, -0.25) is 9.59 Å². The summed E-state index contributed by atoms with van der Waals surface area (Å²) in [6, 6.07) is 16.1. The van der Waals surface area contributed by atoms with Gasteiger partial charge in [0, 0.05) is 24.9 Å². The second-order valence-electron chi connectivity index (χ2n) is 9.32. The van der Waals surface area contributed by atoms with Gasteiger partial charge >= 0.3 is 12.1 Å². The molecule has 7 heteroatoms. The Morgan fingerprint density at radius 2 is 1.56 bits per heavy atom. The maximum atomic E-state index is 12.4. The van der Waals surface area contributed by atoms with Crippen LogP contribution in [0.5, 0.6) is 0 Å². The van der Waals surface area contributed by atoms with E-state index < -0.39 is 12.1 Å². The third-order valence-corrected chi connectivity index (χ3v) is 6.45. The topological polar surface area (TPSA) is 105 Å². The molecule has 0 heterocycles. The summed E-state index contributed by atoms with van der Waals surface area (Å²) in [7, 11) is 0. The zero-order chi connectivity index (χ0) is 24.7. The van der Waals surface area contributed by atoms with Crippen LogP contribution in [-0.4, -0.2) is 42.3 Å². The van der Waals surface area contributed by atoms with E-state index in [0.29, 0.717) is 13.0 Å². The Morgan fingerprint density at radius 1 is 0.971 bits per heavy atom. The van der Waals surface area contributed by atoms with Crippen LogP contribution in [0.15, 0.2) is 48.5 Å². The molecule has 1 aliphatic rings. The fraction of sp³-hybridized carbons (Fsp3) is 0.444. The van der Waals surface area contributed by atoms with E-state index in [2.05, 4.69) is 34.9 Å². The van der Waals surface area contributed by atoms with E-state index in [-0.39, 0.29) is 49.2 Å². The second-order valence-corrected chi connectivity index (χ2v) is 9.32. The van der Waals surface area contributed by atoms with E-state index in [1.54, 1.807) is 0 Å². The fourth-order valence-electron chi connectivity index (χ4n) is 4.36. The highest BCUT2D eigenvalue weighted by Gasteiger charge is 2.29. The molecule has 0 spiro atoms. The molecule has 3 rings (SSSR count). The molecule has 7 nitrogen and oxygen atoms in total. The average Bonchev–Trinajstić information content (AvgIpc) is 3.12. The van der Waals surface area contributed by atoms with Crippen LogP contribution in [0, 0.1) is 11.8 Å². The van der Waals surface area contributed by atoms with Crippen molar-refractivity contribution in [2.75, 3.05) is 13.2 Å². The molecule has 0 aromatic heterocycles. The largest absolute Gasteiger partial charge is 0.481 e. The smallest absolute Gasteiger partial charge is 0.407 e. The highest BCUT2D eigenvalue weighted by molar-refractivity contribution is 5.79. The van der Waals surface area contributed by atoms with Gasteiger partial charge in [-0.25, -0.2) is 4.79 Å². The van der Waals surface area contributed by atoms with Gasteiger partial charge < -0.3 is 20.5 Å². The fourth-order valence-corrected chi connectivity index (χ4v) is 4.36. The Hall–Kier alpha value is -3.35. The zero-order valence-electron chi connectivity index (χ0n) is 20.0. The van der Waals surface area contributed by atoms with Gasteiger partial charge in [-0.2, -0.15) is 0 Å². The number of hydrogen-bond acceptors (Lipinski definition) is 4. The zero-order valence-corrected chi connectivity index (χ0v) is 20.0. The van der Waals surface area contributed by atoms with Gasteiger partial charge in [0.1, 0.15) is 6.61 Å². The van der Waals surface area contributed by atoms with E-state index in [4.69, 9.17) is 9.84 Å². The van der Waals surface area contributed by atoms with Gasteiger partial charge in [0.2, 0.25) is 5.91 Å². The van der Waals surface area contributed by atoms with Crippen molar-refractivity contribution < 1.29 is 24.2 Å². The molecule has 34 heavy (non-hydrogen) atoms. The molecule has 0 aliphatic heterocycles. The molecule has 2 aromatic carbocycles. The van der Waals surface area contributed by atoms with Gasteiger partial charge in [-0.1, -0.05) is 62.4 Å². The van der Waals surface area contributed by atoms with Gasteiger partial charge in [-0.15, -0.1) is 0 Å². The van der Waals surface area contributed by atoms with Crippen LogP contribution in [-0.2, 0) is 14.3 Å². The van der Waals surface area contributed by atoms with E-state index in [9.17, 15) is 14.4 Å². The van der Waals surface area contributed by atoms with Crippen molar-refractivity contribution >= 4 is 18.0 Å². The van der Waals surface area contributed by atoms with Crippen molar-refractivity contribution in [3.63, 3.8) is 0 Å². The molecule has 0 radical (unpaired) electrons. The Morgan fingerprint density at radius 3 is 2.12 bits per heavy atom. The summed E-state index contributed by atoms with van der Waals surface area (Å²) in [4.78, 5) is 35.5. The van der Waals surface area contributed by atoms with Crippen LogP contribution in [0.3, 0.4) is 0 Å². The molecular weight excluding hydrogens is 432 g/mol. The van der Waals surface area contributed by atoms with Crippen molar-refractivity contribution in [1.82, 2.24) is 10.6 Å². The summed E-state index contributed by atoms with van der Waals surface area (Å²) >= 11 is 0. The Kier molecular flexibility index (Phi) is 8.68. The van der Waals surface area contributed by atoms with Crippen LogP contribution >= 0.6 is 0 Å². The standard InChI is InChI=1S/C27H34N2O5/c1-17(2)19(14-26(31)32)15-28-25(30)13-12-18(3)29-27(33)34-16-24-22-10-6-4-8-20(22)21-9-5-7-11-23(21)24/h4-11,17-19,24H,12-16H2,1-3H3,(H,28,30)(H,29,33)(H,31,32). The summed E-state index contributed by atoms with van der Waals surface area (Å²) < 4.78 is 5.55. The third-order valence-electron chi connectivity index (χ3n) is 6.45. The first-order chi connectivity index (χ1) is 16.3. The normalized spacial score (nSPS) is 14.1. The number of nitrogens with one attached hydrogen (secondary N) is 2. The predicted octanol–water partition coefficient (Wildman–Crippen LogP) is 4.56. The number of carbonyl (C=O) groups excluding carboxylic acids is 2. The first kappa shape index (κ1) is 25.3. The number of amides is 2. The van der Waals surface area contributed by atoms with Crippen molar-refractivity contribution in [1.29, 1.82) is 0 Å². The molecule has 1 aliphatic carbocycles. The molecule has 0 saturated heterocycles. The molecule has 182 valence electrons. The van der Waals surface area contributed by atoms with Crippen LogP contribution in [0.4, 0.5) is 4.79 Å². The number of fused-ring (bicyclic) bond motifs is 3. The summed E-state index contributed by atoms with van der Waals surface area (Å²) in [5, 5.41) is 14.6. The quantitative estimate of drug-likeness (QED) is 0.450. The lowest BCUT2D eigenvalue weighted by Crippen LogP contribution is -2.36. The minimum atomic E-state index is -0.867. The Bertz CT molecular complexity index is 974. The van der Waals surface area contributed by atoms with Crippen molar-refractivity contribution in [2.24, 2.45) is 11.8 Å². The number of carboxylic acids is 1. The van der Waals surface area contributed by atoms with Gasteiger partial charge in [0.05, 0.1) is 6.42 Å². The molecule has 0 saturated carbocycles. The average molecular weight is 467 g/mol. The minimum absolute atomic E-state index is 0.000982. The summed E-state index contributed by atoms with van der Waals surface area (Å²) in [5.74, 6) is -0.978. The van der Waals surface area contributed by atoms with Gasteiger partial charge in [0.25, 0.3) is 0 Å². The van der Waals surface area contributed by atoms with Crippen LogP contribution < -0.4 is 10.6 Å². The number of benzene rings is 2. The first-order valence-corrected chi connectivity index (χ1v) is 11.9. The monoisotopic (exact) mass is 466 g/mol. The lowest BCUT2D eigenvalue weighted by molar-refractivity contribution is -0.138. The molecule has 2 atom stereocenters. The molecule has 2 amide bonds. The number of rotatable bonds is 11. The number of ether oxygens (including phenoxy) is 1. The van der Waals surface area contributed by atoms with Crippen LogP contribution in [0.25, 0.3) is 11.1 Å². The molecular formula is C27H34N2O5. The minimum Gasteiger partial charge on any atom is -0.481 e. The number of carboxylic acid groups (broad SMARTS) is 1. The summed E-state index contributed by atoms with van der Waals surface area (Å²) in [5.41, 5.74) is 4.66. The Labute approximate surface area is 200 Å². The predicted molar refractivity (Wildman–Crippen MR) is 130 cm³/mol. The van der Waals surface area contributed by atoms with E-state index in [1.165, 1.54) is 11.1 Å². The van der Waals surface area contributed by atoms with Crippen LogP contribution in [0.1, 0.15) is 57.1 Å². The maximum absolute atomic E-state index is 12.4. The van der Waals surface area contributed by atoms with Gasteiger partial charge in [-0.05, 0) is 47.4 Å². The number of aliphatic carboxylic acids is 1. The van der Waals surface area contributed by atoms with E-state index in [0.717, 1.165) is 11.1 Å². The molecule has 2 unspecified atom stereocenters. The molecule has 3 N–H and O–H groups in total. The van der Waals surface area contributed by atoms with E-state index >= 15 is 0 Å². The lowest BCUT2D eigenvalue weighted by atomic mass is 9.92. The first-order valence-electron chi connectivity index (χ1n) is 11.9. The van der Waals surface area contributed by atoms with Crippen molar-refractivity contribution in [3.8, 4) is 11.1 Å². The van der Waals surface area contributed by atoms with Crippen molar-refractivity contribution in [2.45, 2.75) is 52.0 Å². The maximum Gasteiger partial charge on any atom is 0.407 e. The van der Waals surface area contributed by atoms with E-state index in [1.807, 2.05) is 45.0 Å². The highest BCUT2D eigenvalue weighted by atomic mass is 16.5. The third kappa shape index (κ3) is 6.59. The number of carbonyl (C=O) groups is 3. The Balaban J connectivity index is 1.42. The highest BCUT2D eigenvalue weighted by Crippen LogP contribution is 2.44. The number of hydrogen-bond donors (Lipinski definition) is 3. The molecule has 2 aromatic rings. The SMILES string of the molecule is CC(CCC(=O)NCC(CC(=O)O)C(C)C)NC(=O)OCC1c2ccccc2-c2ccccc21. The van der Waals surface area contributed by atoms with Crippen LogP contribution in [0.2, 0.25) is 0 Å².